The number of aromatic hydroxyl groups is 2. The lowest BCUT2D eigenvalue weighted by molar-refractivity contribution is -0.135. The zero-order valence-corrected chi connectivity index (χ0v) is 26.4. The van der Waals surface area contributed by atoms with Crippen LogP contribution < -0.4 is 10.6 Å². The number of rotatable bonds is 9. The van der Waals surface area contributed by atoms with E-state index in [2.05, 4.69) is 48.8 Å². The number of H-pyrrole nitrogens is 1. The molecule has 2 fully saturated rings. The molecule has 0 aliphatic carbocycles. The van der Waals surface area contributed by atoms with E-state index in [0.717, 1.165) is 34.0 Å². The monoisotopic (exact) mass is 648 g/mol. The van der Waals surface area contributed by atoms with Gasteiger partial charge in [0.25, 0.3) is 5.91 Å². The molecule has 13 nitrogen and oxygen atoms in total. The van der Waals surface area contributed by atoms with Crippen LogP contribution in [0.5, 0.6) is 11.8 Å². The molecule has 0 spiro atoms. The minimum atomic E-state index is -0.922. The Labute approximate surface area is 275 Å². The first-order chi connectivity index (χ1) is 23.3. The standard InChI is InChI=1S/C35H36N8O5/c1-42-15-5-11-27(42)26-17-22-19-36-29(18-25(22)38-26)39-32(45)21-8-2-6-20(16-21)7-4-14-37-41-24-10-3-9-23-31(24)35(48)43(34(23)47)28-12-13-30(44)40-33(28)46/h2-3,6,8-10,16-19,27-28,38,47-48H,4-5,7,11-15H2,1H3,(H,36,39,45)(H,40,44,46)/t27-,28?/m1/s1. The molecule has 0 bridgehead atoms. The summed E-state index contributed by atoms with van der Waals surface area (Å²) in [6.07, 6.45) is 5.66. The van der Waals surface area contributed by atoms with E-state index in [9.17, 15) is 24.6 Å². The lowest BCUT2D eigenvalue weighted by atomic mass is 10.1. The van der Waals surface area contributed by atoms with Gasteiger partial charge in [-0.25, -0.2) is 4.98 Å². The molecule has 2 aromatic carbocycles. The Hall–Kier alpha value is -5.56. The number of aromatic nitrogens is 3. The Kier molecular flexibility index (Phi) is 8.36. The zero-order chi connectivity index (χ0) is 33.4. The molecule has 2 saturated heterocycles. The molecule has 3 amide bonds. The third-order valence-corrected chi connectivity index (χ3v) is 9.22. The van der Waals surface area contributed by atoms with Crippen LogP contribution >= 0.6 is 0 Å². The van der Waals surface area contributed by atoms with Crippen LogP contribution in [-0.2, 0) is 16.0 Å². The summed E-state index contributed by atoms with van der Waals surface area (Å²) in [5.41, 5.74) is 3.95. The average Bonchev–Trinajstić information content (AvgIpc) is 3.77. The third-order valence-electron chi connectivity index (χ3n) is 9.22. The fourth-order valence-corrected chi connectivity index (χ4v) is 6.76. The molecular formula is C35H36N8O5. The second-order valence-electron chi connectivity index (χ2n) is 12.4. The van der Waals surface area contributed by atoms with Crippen molar-refractivity contribution in [3.63, 3.8) is 0 Å². The fraction of sp³-hybridized carbons (Fsp3) is 0.314. The molecular weight excluding hydrogens is 612 g/mol. The highest BCUT2D eigenvalue weighted by molar-refractivity contribution is 6.05. The first kappa shape index (κ1) is 31.1. The van der Waals surface area contributed by atoms with Crippen LogP contribution in [0.25, 0.3) is 21.7 Å². The quantitative estimate of drug-likeness (QED) is 0.0780. The molecule has 48 heavy (non-hydrogen) atoms. The van der Waals surface area contributed by atoms with E-state index in [-0.39, 0.29) is 41.8 Å². The van der Waals surface area contributed by atoms with Gasteiger partial charge in [-0.05, 0) is 81.6 Å². The van der Waals surface area contributed by atoms with Gasteiger partial charge in [0.05, 0.1) is 23.1 Å². The van der Waals surface area contributed by atoms with Gasteiger partial charge in [-0.1, -0.05) is 18.2 Å². The number of aryl methyl sites for hydroxylation is 1. The van der Waals surface area contributed by atoms with E-state index < -0.39 is 11.9 Å². The Bertz CT molecular complexity index is 2080. The summed E-state index contributed by atoms with van der Waals surface area (Å²) in [5, 5.41) is 37.2. The fourth-order valence-electron chi connectivity index (χ4n) is 6.76. The van der Waals surface area contributed by atoms with E-state index in [1.807, 2.05) is 24.3 Å². The lowest BCUT2D eigenvalue weighted by Crippen LogP contribution is -2.41. The SMILES string of the molecule is CN1CCC[C@@H]1c1cc2cnc(NC(=O)c3cccc(CCCN=Nc4cccc5c(O)n(C6CCC(=O)NC6=O)c(O)c45)c3)cc2[nH]1. The van der Waals surface area contributed by atoms with Gasteiger partial charge in [0.1, 0.15) is 11.9 Å². The number of piperidine rings is 1. The van der Waals surface area contributed by atoms with Crippen LogP contribution in [0, 0.1) is 0 Å². The van der Waals surface area contributed by atoms with Crippen LogP contribution in [0.4, 0.5) is 11.5 Å². The topological polar surface area (TPSA) is 177 Å². The number of hydrogen-bond acceptors (Lipinski definition) is 9. The zero-order valence-electron chi connectivity index (χ0n) is 26.4. The van der Waals surface area contributed by atoms with Gasteiger partial charge in [0.2, 0.25) is 23.6 Å². The summed E-state index contributed by atoms with van der Waals surface area (Å²) in [6.45, 7) is 1.47. The van der Waals surface area contributed by atoms with Gasteiger partial charge in [0, 0.05) is 46.8 Å². The Morgan fingerprint density at radius 3 is 2.73 bits per heavy atom. The highest BCUT2D eigenvalue weighted by Gasteiger charge is 2.33. The largest absolute Gasteiger partial charge is 0.494 e. The number of likely N-dealkylation sites (tertiary alicyclic amines) is 1. The Morgan fingerprint density at radius 1 is 1.06 bits per heavy atom. The van der Waals surface area contributed by atoms with Crippen LogP contribution in [-0.4, -0.2) is 67.5 Å². The third kappa shape index (κ3) is 5.99. The second-order valence-corrected chi connectivity index (χ2v) is 12.4. The molecule has 2 aliphatic heterocycles. The summed E-state index contributed by atoms with van der Waals surface area (Å²) >= 11 is 0. The number of benzene rings is 2. The van der Waals surface area contributed by atoms with Crippen molar-refractivity contribution in [2.75, 3.05) is 25.5 Å². The number of aromatic amines is 1. The van der Waals surface area contributed by atoms with Gasteiger partial charge in [-0.3, -0.25) is 29.2 Å². The number of imide groups is 1. The first-order valence-corrected chi connectivity index (χ1v) is 16.1. The number of anilines is 1. The Balaban J connectivity index is 0.975. The number of amides is 3. The highest BCUT2D eigenvalue weighted by Crippen LogP contribution is 2.44. The van der Waals surface area contributed by atoms with Gasteiger partial charge in [-0.2, -0.15) is 10.2 Å². The number of nitrogens with one attached hydrogen (secondary N) is 3. The van der Waals surface area contributed by atoms with Crippen molar-refractivity contribution < 1.29 is 24.6 Å². The van der Waals surface area contributed by atoms with Crippen molar-refractivity contribution in [3.05, 3.63) is 77.6 Å². The molecule has 5 N–H and O–H groups in total. The van der Waals surface area contributed by atoms with E-state index >= 15 is 0 Å². The van der Waals surface area contributed by atoms with E-state index in [0.29, 0.717) is 47.9 Å². The predicted octanol–water partition coefficient (Wildman–Crippen LogP) is 5.64. The predicted molar refractivity (Wildman–Crippen MR) is 179 cm³/mol. The number of azo groups is 1. The number of pyridine rings is 1. The van der Waals surface area contributed by atoms with Crippen molar-refractivity contribution in [1.82, 2.24) is 24.8 Å². The van der Waals surface area contributed by atoms with Crippen LogP contribution in [0.1, 0.15) is 65.8 Å². The van der Waals surface area contributed by atoms with Crippen LogP contribution in [0.2, 0.25) is 0 Å². The second kappa shape index (κ2) is 12.9. The summed E-state index contributed by atoms with van der Waals surface area (Å²) in [4.78, 5) is 47.4. The molecule has 1 unspecified atom stereocenters. The smallest absolute Gasteiger partial charge is 0.256 e. The number of carbonyl (C=O) groups excluding carboxylic acids is 3. The van der Waals surface area contributed by atoms with E-state index in [4.69, 9.17) is 0 Å². The minimum absolute atomic E-state index is 0.102. The lowest BCUT2D eigenvalue weighted by Gasteiger charge is -2.23. The van der Waals surface area contributed by atoms with Crippen molar-refractivity contribution in [2.24, 2.45) is 10.2 Å². The van der Waals surface area contributed by atoms with Gasteiger partial charge in [-0.15, -0.1) is 0 Å². The maximum Gasteiger partial charge on any atom is 0.256 e. The molecule has 13 heteroatoms. The van der Waals surface area contributed by atoms with Crippen molar-refractivity contribution in [1.29, 1.82) is 0 Å². The Morgan fingerprint density at radius 2 is 1.92 bits per heavy atom. The minimum Gasteiger partial charge on any atom is -0.494 e. The molecule has 246 valence electrons. The molecule has 5 aromatic rings. The first-order valence-electron chi connectivity index (χ1n) is 16.1. The summed E-state index contributed by atoms with van der Waals surface area (Å²) in [6, 6.07) is 15.8. The number of nitrogens with zero attached hydrogens (tertiary/aromatic N) is 5. The molecule has 0 saturated carbocycles. The highest BCUT2D eigenvalue weighted by atomic mass is 16.3. The van der Waals surface area contributed by atoms with Crippen LogP contribution in [0.3, 0.4) is 0 Å². The van der Waals surface area contributed by atoms with Crippen LogP contribution in [0.15, 0.2) is 71.0 Å². The van der Waals surface area contributed by atoms with E-state index in [1.165, 1.54) is 12.1 Å². The van der Waals surface area contributed by atoms with Crippen molar-refractivity contribution >= 4 is 50.9 Å². The summed E-state index contributed by atoms with van der Waals surface area (Å²) < 4.78 is 1.13. The number of fused-ring (bicyclic) bond motifs is 2. The molecule has 2 aliphatic rings. The molecule has 5 heterocycles. The van der Waals surface area contributed by atoms with Crippen molar-refractivity contribution in [3.8, 4) is 11.8 Å². The maximum atomic E-state index is 13.1. The summed E-state index contributed by atoms with van der Waals surface area (Å²) in [5.74, 6) is -1.33. The van der Waals surface area contributed by atoms with Gasteiger partial charge < -0.3 is 20.5 Å². The normalized spacial score (nSPS) is 18.7. The molecule has 0 radical (unpaired) electrons. The average molecular weight is 649 g/mol. The van der Waals surface area contributed by atoms with E-state index in [1.54, 1.807) is 30.5 Å². The number of hydrogen-bond donors (Lipinski definition) is 5. The van der Waals surface area contributed by atoms with Gasteiger partial charge in [0.15, 0.2) is 0 Å². The summed E-state index contributed by atoms with van der Waals surface area (Å²) in [7, 11) is 2.14. The van der Waals surface area contributed by atoms with Crippen molar-refractivity contribution in [2.45, 2.75) is 50.6 Å². The molecule has 2 atom stereocenters. The number of carbonyl (C=O) groups is 3. The maximum absolute atomic E-state index is 13.1. The van der Waals surface area contributed by atoms with Gasteiger partial charge >= 0.3 is 0 Å². The molecule has 3 aromatic heterocycles. The molecule has 7 rings (SSSR count).